The highest BCUT2D eigenvalue weighted by atomic mass is 16.5. The summed E-state index contributed by atoms with van der Waals surface area (Å²) in [6.07, 6.45) is 4.69. The van der Waals surface area contributed by atoms with Gasteiger partial charge in [-0.1, -0.05) is 55.8 Å². The van der Waals surface area contributed by atoms with Crippen molar-refractivity contribution >= 4 is 5.97 Å². The standard InChI is InChI=1S/C22H30O3/c1-15-12-16(2)22(13-24-18(4)23)14-25-20(21(15)17(22)3)11-10-19-8-6-5-7-9-19/h5-9,12,16-17,20-21H,10-11,13-14H2,1-4H3/t16-,17+,20-,21+,22-/m0/s1. The number of carbonyl (C=O) groups is 1. The molecule has 1 fully saturated rings. The van der Waals surface area contributed by atoms with E-state index in [0.717, 1.165) is 12.8 Å². The molecule has 5 atom stereocenters. The van der Waals surface area contributed by atoms with E-state index in [1.54, 1.807) is 0 Å². The maximum Gasteiger partial charge on any atom is 0.302 e. The van der Waals surface area contributed by atoms with Crippen molar-refractivity contribution in [2.45, 2.75) is 46.6 Å². The molecule has 3 rings (SSSR count). The summed E-state index contributed by atoms with van der Waals surface area (Å²) in [6.45, 7) is 9.39. The Morgan fingerprint density at radius 2 is 2.00 bits per heavy atom. The molecule has 1 aromatic rings. The van der Waals surface area contributed by atoms with Gasteiger partial charge in [-0.3, -0.25) is 4.79 Å². The average Bonchev–Trinajstić information content (AvgIpc) is 2.58. The first-order valence-electron chi connectivity index (χ1n) is 9.41. The predicted octanol–water partition coefficient (Wildman–Crippen LogP) is 4.42. The van der Waals surface area contributed by atoms with Crippen LogP contribution in [-0.2, 0) is 20.7 Å². The van der Waals surface area contributed by atoms with Gasteiger partial charge in [0.05, 0.1) is 19.3 Å². The van der Waals surface area contributed by atoms with E-state index in [1.807, 2.05) is 0 Å². The van der Waals surface area contributed by atoms with E-state index in [4.69, 9.17) is 9.47 Å². The average molecular weight is 342 g/mol. The molecule has 0 unspecified atom stereocenters. The fraction of sp³-hybridized carbons (Fsp3) is 0.591. The molecule has 0 spiro atoms. The van der Waals surface area contributed by atoms with E-state index < -0.39 is 0 Å². The Hall–Kier alpha value is -1.61. The fourth-order valence-electron chi connectivity index (χ4n) is 4.84. The van der Waals surface area contributed by atoms with Crippen LogP contribution < -0.4 is 0 Å². The van der Waals surface area contributed by atoms with Gasteiger partial charge in [0.1, 0.15) is 0 Å². The minimum absolute atomic E-state index is 0.0981. The highest BCUT2D eigenvalue weighted by molar-refractivity contribution is 5.65. The monoisotopic (exact) mass is 342 g/mol. The summed E-state index contributed by atoms with van der Waals surface area (Å²) in [7, 11) is 0. The first-order chi connectivity index (χ1) is 11.9. The Morgan fingerprint density at radius 3 is 2.68 bits per heavy atom. The van der Waals surface area contributed by atoms with E-state index in [-0.39, 0.29) is 17.5 Å². The molecule has 2 aliphatic rings. The quantitative estimate of drug-likeness (QED) is 0.587. The van der Waals surface area contributed by atoms with E-state index in [9.17, 15) is 4.79 Å². The molecular weight excluding hydrogens is 312 g/mol. The first kappa shape index (κ1) is 18.2. The molecule has 2 bridgehead atoms. The van der Waals surface area contributed by atoms with Crippen LogP contribution in [-0.4, -0.2) is 25.3 Å². The molecule has 1 saturated heterocycles. The number of esters is 1. The summed E-state index contributed by atoms with van der Waals surface area (Å²) in [6, 6.07) is 10.6. The zero-order chi connectivity index (χ0) is 18.0. The normalized spacial score (nSPS) is 34.3. The first-order valence-corrected chi connectivity index (χ1v) is 9.41. The van der Waals surface area contributed by atoms with Crippen LogP contribution in [0.1, 0.15) is 39.7 Å². The second-order valence-electron chi connectivity index (χ2n) is 7.90. The maximum absolute atomic E-state index is 11.4. The lowest BCUT2D eigenvalue weighted by Gasteiger charge is -2.55. The molecule has 0 radical (unpaired) electrons. The van der Waals surface area contributed by atoms with Crippen molar-refractivity contribution in [3.63, 3.8) is 0 Å². The number of carbonyl (C=O) groups excluding carboxylic acids is 1. The predicted molar refractivity (Wildman–Crippen MR) is 99.1 cm³/mol. The Morgan fingerprint density at radius 1 is 1.28 bits per heavy atom. The molecule has 0 amide bonds. The van der Waals surface area contributed by atoms with Crippen molar-refractivity contribution < 1.29 is 14.3 Å². The second kappa shape index (κ2) is 7.33. The number of fused-ring (bicyclic) bond motifs is 2. The summed E-state index contributed by atoms with van der Waals surface area (Å²) in [4.78, 5) is 11.4. The van der Waals surface area contributed by atoms with Crippen molar-refractivity contribution in [2.24, 2.45) is 23.2 Å². The van der Waals surface area contributed by atoms with Gasteiger partial charge in [-0.2, -0.15) is 0 Å². The van der Waals surface area contributed by atoms with Crippen LogP contribution in [0.2, 0.25) is 0 Å². The number of ether oxygens (including phenoxy) is 2. The summed E-state index contributed by atoms with van der Waals surface area (Å²) >= 11 is 0. The third-order valence-electron chi connectivity index (χ3n) is 6.46. The third kappa shape index (κ3) is 3.52. The summed E-state index contributed by atoms with van der Waals surface area (Å²) in [5.41, 5.74) is 2.69. The van der Waals surface area contributed by atoms with Gasteiger partial charge >= 0.3 is 5.97 Å². The van der Waals surface area contributed by atoms with Gasteiger partial charge in [0.2, 0.25) is 0 Å². The highest BCUT2D eigenvalue weighted by Gasteiger charge is 2.53. The van der Waals surface area contributed by atoms with Gasteiger partial charge in [-0.25, -0.2) is 0 Å². The number of hydrogen-bond acceptors (Lipinski definition) is 3. The van der Waals surface area contributed by atoms with Crippen molar-refractivity contribution in [3.05, 3.63) is 47.5 Å². The van der Waals surface area contributed by atoms with Gasteiger partial charge in [0.25, 0.3) is 0 Å². The Labute approximate surface area is 151 Å². The van der Waals surface area contributed by atoms with Crippen LogP contribution in [0, 0.1) is 23.2 Å². The third-order valence-corrected chi connectivity index (χ3v) is 6.46. The summed E-state index contributed by atoms with van der Waals surface area (Å²) in [5, 5.41) is 0. The number of aryl methyl sites for hydroxylation is 1. The molecule has 1 aromatic carbocycles. The minimum Gasteiger partial charge on any atom is -0.465 e. The molecule has 25 heavy (non-hydrogen) atoms. The molecule has 3 heteroatoms. The lowest BCUT2D eigenvalue weighted by molar-refractivity contribution is -0.179. The Kier molecular flexibility index (Phi) is 5.33. The zero-order valence-electron chi connectivity index (χ0n) is 15.8. The van der Waals surface area contributed by atoms with Crippen molar-refractivity contribution in [1.82, 2.24) is 0 Å². The van der Waals surface area contributed by atoms with E-state index in [2.05, 4.69) is 57.2 Å². The number of benzene rings is 1. The second-order valence-corrected chi connectivity index (χ2v) is 7.90. The Bertz CT molecular complexity index is 636. The maximum atomic E-state index is 11.4. The van der Waals surface area contributed by atoms with Crippen LogP contribution >= 0.6 is 0 Å². The number of allylic oxidation sites excluding steroid dienone is 1. The lowest BCUT2D eigenvalue weighted by atomic mass is 9.56. The Balaban J connectivity index is 1.76. The van der Waals surface area contributed by atoms with Gasteiger partial charge in [-0.05, 0) is 37.2 Å². The van der Waals surface area contributed by atoms with Crippen LogP contribution in [0.25, 0.3) is 0 Å². The van der Waals surface area contributed by atoms with Crippen LogP contribution in [0.4, 0.5) is 0 Å². The zero-order valence-corrected chi connectivity index (χ0v) is 15.8. The van der Waals surface area contributed by atoms with Crippen molar-refractivity contribution in [1.29, 1.82) is 0 Å². The topological polar surface area (TPSA) is 35.5 Å². The highest BCUT2D eigenvalue weighted by Crippen LogP contribution is 2.53. The smallest absolute Gasteiger partial charge is 0.302 e. The molecule has 3 nitrogen and oxygen atoms in total. The van der Waals surface area contributed by atoms with Gasteiger partial charge < -0.3 is 9.47 Å². The van der Waals surface area contributed by atoms with E-state index in [0.29, 0.717) is 31.0 Å². The largest absolute Gasteiger partial charge is 0.465 e. The molecule has 136 valence electrons. The molecule has 0 saturated carbocycles. The fourth-order valence-corrected chi connectivity index (χ4v) is 4.84. The molecule has 1 aliphatic heterocycles. The lowest BCUT2D eigenvalue weighted by Crippen LogP contribution is -2.56. The molecular formula is C22H30O3. The van der Waals surface area contributed by atoms with Crippen LogP contribution in [0.3, 0.4) is 0 Å². The molecule has 1 aliphatic carbocycles. The van der Waals surface area contributed by atoms with Crippen molar-refractivity contribution in [2.75, 3.05) is 13.2 Å². The van der Waals surface area contributed by atoms with Gasteiger partial charge in [-0.15, -0.1) is 0 Å². The number of hydrogen-bond donors (Lipinski definition) is 0. The van der Waals surface area contributed by atoms with Crippen LogP contribution in [0.5, 0.6) is 0 Å². The molecule has 0 N–H and O–H groups in total. The summed E-state index contributed by atoms with van der Waals surface area (Å²) in [5.74, 6) is 1.00. The SMILES string of the molecule is CC(=O)OC[C@]12CO[C@@H](CCc3ccccc3)[C@H](C(C)=C[C@@H]1C)[C@H]2C. The van der Waals surface area contributed by atoms with Gasteiger partial charge in [0.15, 0.2) is 0 Å². The minimum atomic E-state index is -0.206. The molecule has 1 heterocycles. The molecule has 0 aromatic heterocycles. The van der Waals surface area contributed by atoms with Gasteiger partial charge in [0, 0.05) is 18.3 Å². The summed E-state index contributed by atoms with van der Waals surface area (Å²) < 4.78 is 11.8. The van der Waals surface area contributed by atoms with Crippen molar-refractivity contribution in [3.8, 4) is 0 Å². The van der Waals surface area contributed by atoms with E-state index in [1.165, 1.54) is 18.1 Å². The van der Waals surface area contributed by atoms with E-state index >= 15 is 0 Å². The van der Waals surface area contributed by atoms with Crippen LogP contribution in [0.15, 0.2) is 42.0 Å². The number of rotatable bonds is 5.